The smallest absolute Gasteiger partial charge is 1.00 e. The second-order valence-corrected chi connectivity index (χ2v) is 17.9. The molecule has 0 bridgehead atoms. The number of fused-ring (bicyclic) bond motifs is 2. The molecule has 0 atom stereocenters. The summed E-state index contributed by atoms with van der Waals surface area (Å²) in [5.74, 6) is 1.03. The third-order valence-electron chi connectivity index (χ3n) is 9.96. The molecule has 0 unspecified atom stereocenters. The topological polar surface area (TPSA) is 172 Å². The minimum absolute atomic E-state index is 0. The molecule has 0 aliphatic heterocycles. The maximum Gasteiger partial charge on any atom is 1.00 e. The monoisotopic (exact) mass is 1150 g/mol. The molecule has 0 aliphatic rings. The van der Waals surface area contributed by atoms with Crippen LogP contribution in [0.1, 0.15) is 37.5 Å². The summed E-state index contributed by atoms with van der Waals surface area (Å²) in [5.41, 5.74) is 2.82. The summed E-state index contributed by atoms with van der Waals surface area (Å²) in [6.45, 7) is 5.68. The molecule has 8 aromatic rings. The van der Waals surface area contributed by atoms with Crippen LogP contribution >= 0.6 is 54.5 Å². The number of benzene rings is 4. The summed E-state index contributed by atoms with van der Waals surface area (Å²) >= 11 is 9.23. The van der Waals surface area contributed by atoms with E-state index in [0.29, 0.717) is 48.9 Å². The van der Waals surface area contributed by atoms with Crippen LogP contribution in [0.2, 0.25) is 0 Å². The van der Waals surface area contributed by atoms with Crippen LogP contribution < -0.4 is 61.5 Å². The van der Waals surface area contributed by atoms with E-state index in [1.807, 2.05) is 79.7 Å². The van der Waals surface area contributed by atoms with Crippen molar-refractivity contribution in [2.24, 2.45) is 28.2 Å². The Morgan fingerprint density at radius 2 is 1.00 bits per heavy atom. The zero-order chi connectivity index (χ0) is 46.9. The number of ether oxygens (including phenoxy) is 3. The Morgan fingerprint density at radius 3 is 1.41 bits per heavy atom. The van der Waals surface area contributed by atoms with Gasteiger partial charge in [0.05, 0.1) is 26.3 Å². The van der Waals surface area contributed by atoms with Crippen molar-refractivity contribution < 1.29 is 50.3 Å². The number of hydrogen-bond donors (Lipinski definition) is 1. The van der Waals surface area contributed by atoms with Gasteiger partial charge >= 0.3 is 53.0 Å². The quantitative estimate of drug-likeness (QED) is 0.103. The molecule has 0 spiro atoms. The first-order valence-electron chi connectivity index (χ1n) is 20.3. The van der Waals surface area contributed by atoms with Gasteiger partial charge in [0.2, 0.25) is 0 Å². The van der Waals surface area contributed by atoms with Crippen LogP contribution in [-0.2, 0) is 59.2 Å². The summed E-state index contributed by atoms with van der Waals surface area (Å²) in [4.78, 5) is 59.8. The van der Waals surface area contributed by atoms with Crippen molar-refractivity contribution in [3.05, 3.63) is 170 Å². The van der Waals surface area contributed by atoms with Gasteiger partial charge in [0, 0.05) is 43.7 Å². The number of rotatable bonds is 12. The summed E-state index contributed by atoms with van der Waals surface area (Å²) in [6, 6.07) is 30.3. The van der Waals surface area contributed by atoms with Crippen molar-refractivity contribution in [2.75, 3.05) is 11.0 Å². The molecule has 0 amide bonds. The molecule has 16 nitrogen and oxygen atoms in total. The van der Waals surface area contributed by atoms with E-state index in [1.54, 1.807) is 47.5 Å². The third-order valence-corrected chi connectivity index (χ3v) is 10.9. The first kappa shape index (κ1) is 52.4. The van der Waals surface area contributed by atoms with Crippen molar-refractivity contribution in [2.45, 2.75) is 40.2 Å². The number of aromatic nitrogens is 8. The molecule has 0 saturated heterocycles. The van der Waals surface area contributed by atoms with E-state index in [4.69, 9.17) is 14.2 Å². The second kappa shape index (κ2) is 23.9. The van der Waals surface area contributed by atoms with Crippen molar-refractivity contribution in [1.29, 1.82) is 0 Å². The van der Waals surface area contributed by atoms with Crippen LogP contribution in [0.25, 0.3) is 22.3 Å². The Kier molecular flexibility index (Phi) is 19.0. The molecular formula is C46H48Br2IN8NaO8. The standard InChI is InChI=1S/C23H23BrN4O4.C21H19BrN4O4.C2H5I.Na.H/c1-4-31-14-16-8-6-10-18(12-16)32-22-25-20-19(21(29)27(3)23(30)26(20)2)28(22)13-15-7-5-9-17(24)11-15;1-24-18-17(19(28)25(2)21(24)29)26(11-13-5-3-7-15(22)9-13)20(23-18)30-16-8-4-6-14(10-16)12-27;1-2-3;;/h5-12H,4,13-14H2,1-3H3;3-10,27H,11-12H2,1-2H3;2H2,1H3;;/q;;;+1;-1. The first-order valence-corrected chi connectivity index (χ1v) is 23.4. The van der Waals surface area contributed by atoms with E-state index in [-0.39, 0.29) is 66.4 Å². The Labute approximate surface area is 433 Å². The fourth-order valence-corrected chi connectivity index (χ4v) is 7.67. The third kappa shape index (κ3) is 12.1. The van der Waals surface area contributed by atoms with Crippen molar-refractivity contribution in [1.82, 2.24) is 37.4 Å². The predicted octanol–water partition coefficient (Wildman–Crippen LogP) is 4.66. The number of hydrogen-bond acceptors (Lipinski definition) is 10. The van der Waals surface area contributed by atoms with Crippen molar-refractivity contribution >= 4 is 76.8 Å². The summed E-state index contributed by atoms with van der Waals surface area (Å²) in [6.07, 6.45) is 0. The first-order chi connectivity index (χ1) is 31.2. The normalized spacial score (nSPS) is 10.8. The fourth-order valence-electron chi connectivity index (χ4n) is 6.77. The Morgan fingerprint density at radius 1 is 0.606 bits per heavy atom. The summed E-state index contributed by atoms with van der Waals surface area (Å²) in [5, 5.41) is 9.39. The molecule has 1 N–H and O–H groups in total. The molecular weight excluding hydrogens is 1100 g/mol. The van der Waals surface area contributed by atoms with Crippen LogP contribution in [0.3, 0.4) is 0 Å². The number of halogens is 3. The SMILES string of the molecule is CCI.CCOCc1cccc(Oc2nc3c(c(=O)n(C)c(=O)n3C)n2Cc2cccc(Br)c2)c1.Cn1c(=O)c2c(nc(Oc3cccc(CO)c3)n2Cc2cccc(Br)c2)n(C)c1=O.[H-].[Na+]. The number of alkyl halides is 1. The van der Waals surface area contributed by atoms with E-state index in [1.165, 1.54) is 27.7 Å². The number of nitrogens with zero attached hydrogens (tertiary/aromatic N) is 8. The molecule has 66 heavy (non-hydrogen) atoms. The molecule has 4 aromatic heterocycles. The maximum atomic E-state index is 13.0. The average molecular weight is 1150 g/mol. The van der Waals surface area contributed by atoms with Gasteiger partial charge in [0.25, 0.3) is 11.1 Å². The number of imidazole rings is 2. The minimum Gasteiger partial charge on any atom is -1.00 e. The maximum absolute atomic E-state index is 13.0. The minimum atomic E-state index is -0.464. The molecule has 0 radical (unpaired) electrons. The van der Waals surface area contributed by atoms with Crippen molar-refractivity contribution in [3.8, 4) is 23.5 Å². The second-order valence-electron chi connectivity index (χ2n) is 14.5. The number of aliphatic hydroxyl groups excluding tert-OH is 1. The molecule has 0 fully saturated rings. The van der Waals surface area contributed by atoms with Gasteiger partial charge < -0.3 is 20.7 Å². The Bertz CT molecular complexity index is 3240. The molecule has 4 heterocycles. The fraction of sp³-hybridized carbons (Fsp3) is 0.261. The van der Waals surface area contributed by atoms with Gasteiger partial charge in [-0.15, -0.1) is 0 Å². The summed E-state index contributed by atoms with van der Waals surface area (Å²) in [7, 11) is 6.05. The number of aryl methyl sites for hydroxylation is 2. The molecule has 0 saturated carbocycles. The van der Waals surface area contributed by atoms with E-state index < -0.39 is 22.5 Å². The van der Waals surface area contributed by atoms with E-state index >= 15 is 0 Å². The van der Waals surface area contributed by atoms with Gasteiger partial charge in [-0.05, 0) is 82.1 Å². The zero-order valence-electron chi connectivity index (χ0n) is 38.5. The molecule has 8 rings (SSSR count). The van der Waals surface area contributed by atoms with E-state index in [2.05, 4.69) is 71.3 Å². The van der Waals surface area contributed by atoms with E-state index in [9.17, 15) is 24.3 Å². The van der Waals surface area contributed by atoms with Crippen LogP contribution in [0.5, 0.6) is 23.5 Å². The van der Waals surface area contributed by atoms with Gasteiger partial charge in [-0.25, -0.2) is 9.59 Å². The summed E-state index contributed by atoms with van der Waals surface area (Å²) < 4.78 is 28.8. The molecule has 4 aromatic carbocycles. The molecule has 0 aliphatic carbocycles. The van der Waals surface area contributed by atoms with Gasteiger partial charge in [-0.2, -0.15) is 9.97 Å². The van der Waals surface area contributed by atoms with Crippen molar-refractivity contribution in [3.63, 3.8) is 0 Å². The van der Waals surface area contributed by atoms with Gasteiger partial charge in [0.1, 0.15) is 11.5 Å². The molecule has 342 valence electrons. The molecule has 20 heteroatoms. The zero-order valence-corrected chi connectivity index (χ0v) is 44.8. The van der Waals surface area contributed by atoms with E-state index in [0.717, 1.165) is 34.8 Å². The van der Waals surface area contributed by atoms with Gasteiger partial charge in [-0.1, -0.05) is 110 Å². The Hall–Kier alpha value is -4.61. The predicted molar refractivity (Wildman–Crippen MR) is 267 cm³/mol. The number of aliphatic hydroxyl groups is 1. The van der Waals surface area contributed by atoms with Crippen LogP contribution in [0.4, 0.5) is 0 Å². The largest absolute Gasteiger partial charge is 1.00 e. The average Bonchev–Trinajstić information content (AvgIpc) is 3.83. The van der Waals surface area contributed by atoms with Crippen LogP contribution in [-0.4, -0.2) is 53.5 Å². The Balaban J connectivity index is 0.000000269. The van der Waals surface area contributed by atoms with Crippen LogP contribution in [0.15, 0.2) is 125 Å². The van der Waals surface area contributed by atoms with Gasteiger partial charge in [0.15, 0.2) is 22.3 Å². The van der Waals surface area contributed by atoms with Gasteiger partial charge in [-0.3, -0.25) is 37.0 Å². The van der Waals surface area contributed by atoms with Crippen LogP contribution in [0, 0.1) is 0 Å².